The second-order valence-corrected chi connectivity index (χ2v) is 4.74. The van der Waals surface area contributed by atoms with Crippen molar-refractivity contribution >= 4 is 33.0 Å². The summed E-state index contributed by atoms with van der Waals surface area (Å²) in [6.07, 6.45) is 0. The van der Waals surface area contributed by atoms with Gasteiger partial charge in [-0.1, -0.05) is 15.9 Å². The fraction of sp³-hybridized carbons (Fsp3) is 0.0769. The molecule has 6 heteroatoms. The number of nitrogens with one attached hydrogen (secondary N) is 1. The van der Waals surface area contributed by atoms with Crippen molar-refractivity contribution < 1.29 is 13.5 Å². The molecule has 0 atom stereocenters. The van der Waals surface area contributed by atoms with E-state index < -0.39 is 11.6 Å². The Morgan fingerprint density at radius 3 is 2.47 bits per heavy atom. The summed E-state index contributed by atoms with van der Waals surface area (Å²) in [5.74, 6) is -0.754. The minimum Gasteiger partial charge on any atom is -0.495 e. The molecule has 0 saturated heterocycles. The third kappa shape index (κ3) is 2.96. The Kier molecular flexibility index (Phi) is 3.90. The Hall–Kier alpha value is -1.82. The van der Waals surface area contributed by atoms with E-state index >= 15 is 0 Å². The van der Waals surface area contributed by atoms with Crippen molar-refractivity contribution in [2.45, 2.75) is 0 Å². The first kappa shape index (κ1) is 13.6. The highest BCUT2D eigenvalue weighted by Crippen LogP contribution is 2.31. The van der Waals surface area contributed by atoms with E-state index in [1.54, 1.807) is 6.07 Å². The van der Waals surface area contributed by atoms with Crippen LogP contribution in [-0.4, -0.2) is 7.11 Å². The van der Waals surface area contributed by atoms with Gasteiger partial charge in [-0.05, 0) is 18.2 Å². The molecule has 2 rings (SSSR count). The van der Waals surface area contributed by atoms with Gasteiger partial charge in [-0.2, -0.15) is 0 Å². The zero-order valence-corrected chi connectivity index (χ0v) is 11.6. The van der Waals surface area contributed by atoms with Crippen molar-refractivity contribution in [1.29, 1.82) is 0 Å². The Labute approximate surface area is 117 Å². The molecule has 0 saturated carbocycles. The summed E-state index contributed by atoms with van der Waals surface area (Å²) in [4.78, 5) is 0. The molecule has 0 spiro atoms. The maximum absolute atomic E-state index is 13.8. The summed E-state index contributed by atoms with van der Waals surface area (Å²) < 4.78 is 33.0. The van der Waals surface area contributed by atoms with Crippen molar-refractivity contribution in [2.75, 3.05) is 18.2 Å². The van der Waals surface area contributed by atoms with Gasteiger partial charge in [-0.15, -0.1) is 0 Å². The lowest BCUT2D eigenvalue weighted by Crippen LogP contribution is -2.00. The van der Waals surface area contributed by atoms with Crippen LogP contribution in [0.1, 0.15) is 0 Å². The molecule has 19 heavy (non-hydrogen) atoms. The molecular weight excluding hydrogens is 318 g/mol. The lowest BCUT2D eigenvalue weighted by atomic mass is 10.2. The average Bonchev–Trinajstić information content (AvgIpc) is 2.37. The number of benzene rings is 2. The summed E-state index contributed by atoms with van der Waals surface area (Å²) in [6, 6.07) is 6.85. The van der Waals surface area contributed by atoms with Crippen LogP contribution in [0.25, 0.3) is 0 Å². The van der Waals surface area contributed by atoms with E-state index in [9.17, 15) is 8.78 Å². The first-order valence-electron chi connectivity index (χ1n) is 5.36. The quantitative estimate of drug-likeness (QED) is 0.835. The smallest absolute Gasteiger partial charge is 0.148 e. The summed E-state index contributed by atoms with van der Waals surface area (Å²) in [6.45, 7) is 0. The lowest BCUT2D eigenvalue weighted by Gasteiger charge is -2.12. The van der Waals surface area contributed by atoms with Crippen molar-refractivity contribution in [2.24, 2.45) is 0 Å². The molecule has 0 amide bonds. The van der Waals surface area contributed by atoms with Crippen LogP contribution in [0.2, 0.25) is 0 Å². The zero-order valence-electron chi connectivity index (χ0n) is 10.0. The fourth-order valence-corrected chi connectivity index (χ4v) is 1.94. The van der Waals surface area contributed by atoms with Gasteiger partial charge in [0.1, 0.15) is 17.4 Å². The van der Waals surface area contributed by atoms with Crippen LogP contribution >= 0.6 is 15.9 Å². The number of anilines is 3. The highest BCUT2D eigenvalue weighted by atomic mass is 79.9. The monoisotopic (exact) mass is 328 g/mol. The fourth-order valence-electron chi connectivity index (χ4n) is 1.58. The Balaban J connectivity index is 2.40. The molecule has 0 heterocycles. The Morgan fingerprint density at radius 2 is 1.79 bits per heavy atom. The predicted octanol–water partition coefficient (Wildman–Crippen LogP) is 4.06. The number of ether oxygens (including phenoxy) is 1. The number of halogens is 3. The van der Waals surface area contributed by atoms with Crippen LogP contribution < -0.4 is 15.8 Å². The predicted molar refractivity (Wildman–Crippen MR) is 74.7 cm³/mol. The molecule has 0 aliphatic rings. The highest BCUT2D eigenvalue weighted by molar-refractivity contribution is 9.10. The molecule has 0 aliphatic carbocycles. The number of methoxy groups -OCH3 is 1. The maximum Gasteiger partial charge on any atom is 0.148 e. The van der Waals surface area contributed by atoms with Gasteiger partial charge in [0.05, 0.1) is 24.2 Å². The number of nitrogens with two attached hydrogens (primary N) is 1. The minimum atomic E-state index is -0.585. The van der Waals surface area contributed by atoms with Crippen LogP contribution in [0.15, 0.2) is 34.8 Å². The van der Waals surface area contributed by atoms with Gasteiger partial charge >= 0.3 is 0 Å². The molecular formula is C13H11BrF2N2O. The van der Waals surface area contributed by atoms with Crippen LogP contribution in [0.4, 0.5) is 25.8 Å². The topological polar surface area (TPSA) is 47.3 Å². The van der Waals surface area contributed by atoms with Crippen molar-refractivity contribution in [1.82, 2.24) is 0 Å². The largest absolute Gasteiger partial charge is 0.495 e. The minimum absolute atomic E-state index is 0.0862. The molecule has 3 nitrogen and oxygen atoms in total. The molecule has 0 fully saturated rings. The van der Waals surface area contributed by atoms with E-state index in [1.165, 1.54) is 25.3 Å². The van der Waals surface area contributed by atoms with Crippen molar-refractivity contribution in [3.8, 4) is 5.75 Å². The maximum atomic E-state index is 13.8. The van der Waals surface area contributed by atoms with Crippen molar-refractivity contribution in [3.63, 3.8) is 0 Å². The molecule has 2 aromatic rings. The van der Waals surface area contributed by atoms with E-state index in [0.717, 1.165) is 6.07 Å². The molecule has 0 unspecified atom stereocenters. The van der Waals surface area contributed by atoms with E-state index in [2.05, 4.69) is 21.2 Å². The van der Waals surface area contributed by atoms with Gasteiger partial charge in [0.2, 0.25) is 0 Å². The summed E-state index contributed by atoms with van der Waals surface area (Å²) in [7, 11) is 1.42. The zero-order chi connectivity index (χ0) is 14.0. The molecule has 0 bridgehead atoms. The second kappa shape index (κ2) is 5.44. The average molecular weight is 329 g/mol. The highest BCUT2D eigenvalue weighted by Gasteiger charge is 2.11. The summed E-state index contributed by atoms with van der Waals surface area (Å²) >= 11 is 3.22. The number of hydrogen-bond acceptors (Lipinski definition) is 3. The standard InChI is InChI=1S/C13H11BrF2N2O/c1-19-13-6-12(9(16)5-10(13)17)18-11-4-7(14)2-3-8(11)15/h2-6,18H,17H2,1H3. The summed E-state index contributed by atoms with van der Waals surface area (Å²) in [5.41, 5.74) is 5.99. The first-order chi connectivity index (χ1) is 9.01. The second-order valence-electron chi connectivity index (χ2n) is 3.82. The van der Waals surface area contributed by atoms with Gasteiger partial charge < -0.3 is 15.8 Å². The van der Waals surface area contributed by atoms with Crippen molar-refractivity contribution in [3.05, 3.63) is 46.4 Å². The third-order valence-corrected chi connectivity index (χ3v) is 3.01. The number of rotatable bonds is 3. The molecule has 0 aromatic heterocycles. The molecule has 3 N–H and O–H groups in total. The van der Waals surface area contributed by atoms with Crippen LogP contribution in [0.3, 0.4) is 0 Å². The van der Waals surface area contributed by atoms with Crippen LogP contribution in [-0.2, 0) is 0 Å². The lowest BCUT2D eigenvalue weighted by molar-refractivity contribution is 0.416. The van der Waals surface area contributed by atoms with Gasteiger partial charge in [0, 0.05) is 16.6 Å². The van der Waals surface area contributed by atoms with E-state index in [-0.39, 0.29) is 17.1 Å². The van der Waals surface area contributed by atoms with Crippen LogP contribution in [0, 0.1) is 11.6 Å². The van der Waals surface area contributed by atoms with Crippen LogP contribution in [0.5, 0.6) is 5.75 Å². The molecule has 100 valence electrons. The molecule has 2 aromatic carbocycles. The van der Waals surface area contributed by atoms with Gasteiger partial charge in [0.15, 0.2) is 0 Å². The van der Waals surface area contributed by atoms with E-state index in [4.69, 9.17) is 10.5 Å². The van der Waals surface area contributed by atoms with Gasteiger partial charge in [-0.25, -0.2) is 8.78 Å². The summed E-state index contributed by atoms with van der Waals surface area (Å²) in [5, 5.41) is 2.67. The normalized spacial score (nSPS) is 10.3. The number of hydrogen-bond donors (Lipinski definition) is 2. The van der Waals surface area contributed by atoms with Gasteiger partial charge in [0.25, 0.3) is 0 Å². The Bertz CT molecular complexity index is 620. The SMILES string of the molecule is COc1cc(Nc2cc(Br)ccc2F)c(F)cc1N. The van der Waals surface area contributed by atoms with E-state index in [0.29, 0.717) is 10.2 Å². The first-order valence-corrected chi connectivity index (χ1v) is 6.15. The number of nitrogen functional groups attached to an aromatic ring is 1. The van der Waals surface area contributed by atoms with E-state index in [1.807, 2.05) is 0 Å². The molecule has 0 radical (unpaired) electrons. The third-order valence-electron chi connectivity index (χ3n) is 2.52. The Morgan fingerprint density at radius 1 is 1.11 bits per heavy atom. The van der Waals surface area contributed by atoms with Gasteiger partial charge in [-0.3, -0.25) is 0 Å². The molecule has 0 aliphatic heterocycles.